The molecule has 15 heavy (non-hydrogen) atoms. The van der Waals surface area contributed by atoms with Crippen LogP contribution in [-0.4, -0.2) is 27.1 Å². The molecule has 1 unspecified atom stereocenters. The van der Waals surface area contributed by atoms with Crippen LogP contribution in [0.3, 0.4) is 0 Å². The lowest BCUT2D eigenvalue weighted by Gasteiger charge is -2.11. The summed E-state index contributed by atoms with van der Waals surface area (Å²) < 4.78 is 0. The van der Waals surface area contributed by atoms with Crippen molar-refractivity contribution < 1.29 is 9.90 Å². The van der Waals surface area contributed by atoms with Crippen LogP contribution < -0.4 is 5.32 Å². The second kappa shape index (κ2) is 5.09. The van der Waals surface area contributed by atoms with E-state index in [1.807, 2.05) is 6.92 Å². The molecule has 0 saturated heterocycles. The highest BCUT2D eigenvalue weighted by Gasteiger charge is 2.15. The van der Waals surface area contributed by atoms with Crippen molar-refractivity contribution in [1.29, 1.82) is 0 Å². The van der Waals surface area contributed by atoms with Crippen LogP contribution in [0.15, 0.2) is 25.0 Å². The van der Waals surface area contributed by atoms with E-state index in [0.717, 1.165) is 5.56 Å². The smallest absolute Gasteiger partial charge is 0.326 e. The average Bonchev–Trinajstić information content (AvgIpc) is 2.20. The van der Waals surface area contributed by atoms with Gasteiger partial charge in [-0.3, -0.25) is 0 Å². The summed E-state index contributed by atoms with van der Waals surface area (Å²) in [5.74, 6) is -0.631. The number of anilines is 1. The Bertz CT molecular complexity index is 348. The molecular formula is C10H13N3O2. The Morgan fingerprint density at radius 3 is 2.73 bits per heavy atom. The largest absolute Gasteiger partial charge is 0.480 e. The fraction of sp³-hybridized carbons (Fsp3) is 0.300. The molecule has 0 spiro atoms. The van der Waals surface area contributed by atoms with Gasteiger partial charge in [-0.15, -0.1) is 6.58 Å². The van der Waals surface area contributed by atoms with Crippen LogP contribution >= 0.6 is 0 Å². The lowest BCUT2D eigenvalue weighted by molar-refractivity contribution is -0.137. The molecule has 0 aliphatic heterocycles. The normalized spacial score (nSPS) is 11.8. The van der Waals surface area contributed by atoms with Gasteiger partial charge in [0, 0.05) is 12.4 Å². The number of aromatic nitrogens is 2. The van der Waals surface area contributed by atoms with Gasteiger partial charge < -0.3 is 10.4 Å². The number of nitrogens with zero attached hydrogens (tertiary/aromatic N) is 2. The summed E-state index contributed by atoms with van der Waals surface area (Å²) in [4.78, 5) is 18.7. The summed E-state index contributed by atoms with van der Waals surface area (Å²) >= 11 is 0. The lowest BCUT2D eigenvalue weighted by atomic mass is 10.2. The third-order valence-electron chi connectivity index (χ3n) is 1.78. The maximum absolute atomic E-state index is 10.8. The number of carboxylic acids is 1. The Kier molecular flexibility index (Phi) is 3.79. The summed E-state index contributed by atoms with van der Waals surface area (Å²) in [7, 11) is 0. The van der Waals surface area contributed by atoms with Crippen LogP contribution in [-0.2, 0) is 4.79 Å². The summed E-state index contributed by atoms with van der Waals surface area (Å²) in [6, 6.07) is -0.731. The van der Waals surface area contributed by atoms with Gasteiger partial charge in [-0.05, 0) is 18.9 Å². The number of hydrogen-bond donors (Lipinski definition) is 2. The van der Waals surface area contributed by atoms with Crippen molar-refractivity contribution in [3.05, 3.63) is 30.6 Å². The molecule has 0 fully saturated rings. The molecule has 0 amide bonds. The van der Waals surface area contributed by atoms with Gasteiger partial charge in [-0.1, -0.05) is 6.08 Å². The van der Waals surface area contributed by atoms with Gasteiger partial charge in [0.25, 0.3) is 0 Å². The van der Waals surface area contributed by atoms with E-state index in [2.05, 4.69) is 21.9 Å². The summed E-state index contributed by atoms with van der Waals surface area (Å²) in [6.45, 7) is 5.36. The SMILES string of the molecule is C=CCC(Nc1ncc(C)cn1)C(=O)O. The van der Waals surface area contributed by atoms with Crippen LogP contribution in [0.2, 0.25) is 0 Å². The Morgan fingerprint density at radius 2 is 2.27 bits per heavy atom. The van der Waals surface area contributed by atoms with Crippen molar-refractivity contribution in [3.63, 3.8) is 0 Å². The van der Waals surface area contributed by atoms with Crippen LogP contribution in [0.5, 0.6) is 0 Å². The van der Waals surface area contributed by atoms with Crippen molar-refractivity contribution in [1.82, 2.24) is 9.97 Å². The first-order valence-corrected chi connectivity index (χ1v) is 4.52. The number of hydrogen-bond acceptors (Lipinski definition) is 4. The van der Waals surface area contributed by atoms with Gasteiger partial charge in [0.15, 0.2) is 0 Å². The number of aliphatic carboxylic acids is 1. The highest BCUT2D eigenvalue weighted by atomic mass is 16.4. The molecule has 0 saturated carbocycles. The van der Waals surface area contributed by atoms with Gasteiger partial charge in [0.05, 0.1) is 0 Å². The molecule has 1 rings (SSSR count). The van der Waals surface area contributed by atoms with Crippen molar-refractivity contribution in [3.8, 4) is 0 Å². The van der Waals surface area contributed by atoms with E-state index in [1.165, 1.54) is 0 Å². The summed E-state index contributed by atoms with van der Waals surface area (Å²) in [6.07, 6.45) is 5.12. The van der Waals surface area contributed by atoms with Crippen molar-refractivity contribution >= 4 is 11.9 Å². The maximum atomic E-state index is 10.8. The molecule has 0 aromatic carbocycles. The van der Waals surface area contributed by atoms with E-state index in [9.17, 15) is 4.79 Å². The van der Waals surface area contributed by atoms with Crippen LogP contribution in [0, 0.1) is 6.92 Å². The van der Waals surface area contributed by atoms with Gasteiger partial charge in [-0.2, -0.15) is 0 Å². The number of rotatable bonds is 5. The number of aryl methyl sites for hydroxylation is 1. The fourth-order valence-corrected chi connectivity index (χ4v) is 1.01. The molecular weight excluding hydrogens is 194 g/mol. The number of nitrogens with one attached hydrogen (secondary N) is 1. The zero-order chi connectivity index (χ0) is 11.3. The molecule has 1 atom stereocenters. The second-order valence-electron chi connectivity index (χ2n) is 3.14. The van der Waals surface area contributed by atoms with E-state index in [4.69, 9.17) is 5.11 Å². The third kappa shape index (κ3) is 3.38. The zero-order valence-corrected chi connectivity index (χ0v) is 8.47. The first kappa shape index (κ1) is 11.2. The van der Waals surface area contributed by atoms with Crippen LogP contribution in [0.4, 0.5) is 5.95 Å². The van der Waals surface area contributed by atoms with Crippen molar-refractivity contribution in [2.24, 2.45) is 0 Å². The second-order valence-corrected chi connectivity index (χ2v) is 3.14. The maximum Gasteiger partial charge on any atom is 0.326 e. The summed E-state index contributed by atoms with van der Waals surface area (Å²) in [5.41, 5.74) is 0.927. The minimum atomic E-state index is -0.945. The predicted octanol–water partition coefficient (Wildman–Crippen LogP) is 1.23. The van der Waals surface area contributed by atoms with Crippen LogP contribution in [0.25, 0.3) is 0 Å². The lowest BCUT2D eigenvalue weighted by Crippen LogP contribution is -2.29. The van der Waals surface area contributed by atoms with Crippen LogP contribution in [0.1, 0.15) is 12.0 Å². The van der Waals surface area contributed by atoms with Gasteiger partial charge in [0.2, 0.25) is 5.95 Å². The van der Waals surface area contributed by atoms with E-state index >= 15 is 0 Å². The molecule has 0 aliphatic rings. The average molecular weight is 207 g/mol. The number of carbonyl (C=O) groups is 1. The topological polar surface area (TPSA) is 75.1 Å². The van der Waals surface area contributed by atoms with E-state index in [0.29, 0.717) is 12.4 Å². The van der Waals surface area contributed by atoms with Gasteiger partial charge in [0.1, 0.15) is 6.04 Å². The quantitative estimate of drug-likeness (QED) is 0.710. The molecule has 0 aliphatic carbocycles. The molecule has 1 aromatic heterocycles. The zero-order valence-electron chi connectivity index (χ0n) is 8.47. The third-order valence-corrected chi connectivity index (χ3v) is 1.78. The molecule has 1 aromatic rings. The number of carboxylic acid groups (broad SMARTS) is 1. The molecule has 5 nitrogen and oxygen atoms in total. The van der Waals surface area contributed by atoms with E-state index in [-0.39, 0.29) is 0 Å². The highest BCUT2D eigenvalue weighted by molar-refractivity contribution is 5.76. The minimum Gasteiger partial charge on any atom is -0.480 e. The molecule has 80 valence electrons. The molecule has 2 N–H and O–H groups in total. The molecule has 5 heteroatoms. The molecule has 0 radical (unpaired) electrons. The van der Waals surface area contributed by atoms with E-state index < -0.39 is 12.0 Å². The molecule has 0 bridgehead atoms. The first-order chi connectivity index (χ1) is 7.13. The molecule has 1 heterocycles. The fourth-order valence-electron chi connectivity index (χ4n) is 1.01. The predicted molar refractivity (Wildman–Crippen MR) is 56.6 cm³/mol. The van der Waals surface area contributed by atoms with Crippen molar-refractivity contribution in [2.45, 2.75) is 19.4 Å². The Hall–Kier alpha value is -1.91. The Balaban J connectivity index is 2.69. The van der Waals surface area contributed by atoms with Gasteiger partial charge in [-0.25, -0.2) is 14.8 Å². The van der Waals surface area contributed by atoms with Gasteiger partial charge >= 0.3 is 5.97 Å². The highest BCUT2D eigenvalue weighted by Crippen LogP contribution is 2.04. The van der Waals surface area contributed by atoms with Crippen molar-refractivity contribution in [2.75, 3.05) is 5.32 Å². The summed E-state index contributed by atoms with van der Waals surface area (Å²) in [5, 5.41) is 11.6. The van der Waals surface area contributed by atoms with E-state index in [1.54, 1.807) is 18.5 Å². The minimum absolute atomic E-state index is 0.315. The standard InChI is InChI=1S/C10H13N3O2/c1-3-4-8(9(14)15)13-10-11-5-7(2)6-12-10/h3,5-6,8H,1,4H2,2H3,(H,14,15)(H,11,12,13). The Labute approximate surface area is 87.9 Å². The monoisotopic (exact) mass is 207 g/mol. The Morgan fingerprint density at radius 1 is 1.67 bits per heavy atom. The first-order valence-electron chi connectivity index (χ1n) is 4.52.